The molecule has 18 heavy (non-hydrogen) atoms. The van der Waals surface area contributed by atoms with Gasteiger partial charge < -0.3 is 14.8 Å². The summed E-state index contributed by atoms with van der Waals surface area (Å²) in [5.74, 6) is 0.652. The SMILES string of the molecule is CC(O)(CNC(=O)C1CCCCC1)c1ccco1. The molecule has 1 aliphatic rings. The van der Waals surface area contributed by atoms with E-state index in [1.807, 2.05) is 0 Å². The first-order chi connectivity index (χ1) is 8.59. The van der Waals surface area contributed by atoms with Crippen molar-refractivity contribution in [3.8, 4) is 0 Å². The zero-order valence-electron chi connectivity index (χ0n) is 10.8. The summed E-state index contributed by atoms with van der Waals surface area (Å²) in [5.41, 5.74) is -1.15. The number of amides is 1. The minimum Gasteiger partial charge on any atom is -0.466 e. The Bertz CT molecular complexity index is 378. The van der Waals surface area contributed by atoms with E-state index >= 15 is 0 Å². The first kappa shape index (κ1) is 13.1. The number of hydrogen-bond acceptors (Lipinski definition) is 3. The van der Waals surface area contributed by atoms with Crippen LogP contribution in [0.25, 0.3) is 0 Å². The van der Waals surface area contributed by atoms with Gasteiger partial charge in [0.25, 0.3) is 0 Å². The molecule has 0 aliphatic heterocycles. The van der Waals surface area contributed by atoms with Crippen molar-refractivity contribution < 1.29 is 14.3 Å². The van der Waals surface area contributed by atoms with Gasteiger partial charge in [0.15, 0.2) is 0 Å². The van der Waals surface area contributed by atoms with Gasteiger partial charge in [-0.25, -0.2) is 0 Å². The summed E-state index contributed by atoms with van der Waals surface area (Å²) in [4.78, 5) is 12.0. The van der Waals surface area contributed by atoms with Crippen molar-refractivity contribution in [2.75, 3.05) is 6.54 Å². The average molecular weight is 251 g/mol. The number of hydrogen-bond donors (Lipinski definition) is 2. The number of nitrogens with one attached hydrogen (secondary N) is 1. The smallest absolute Gasteiger partial charge is 0.223 e. The molecule has 1 fully saturated rings. The molecule has 1 aliphatic carbocycles. The minimum absolute atomic E-state index is 0.0570. The van der Waals surface area contributed by atoms with E-state index in [4.69, 9.17) is 4.42 Å². The monoisotopic (exact) mass is 251 g/mol. The highest BCUT2D eigenvalue weighted by atomic mass is 16.4. The zero-order valence-corrected chi connectivity index (χ0v) is 10.8. The Kier molecular flexibility index (Phi) is 4.07. The van der Waals surface area contributed by atoms with E-state index in [2.05, 4.69) is 5.32 Å². The average Bonchev–Trinajstić information content (AvgIpc) is 2.92. The molecule has 0 spiro atoms. The third kappa shape index (κ3) is 3.13. The molecule has 0 radical (unpaired) electrons. The number of rotatable bonds is 4. The first-order valence-electron chi connectivity index (χ1n) is 6.64. The van der Waals surface area contributed by atoms with Crippen LogP contribution in [0.5, 0.6) is 0 Å². The molecule has 4 heteroatoms. The lowest BCUT2D eigenvalue weighted by Crippen LogP contribution is -2.41. The van der Waals surface area contributed by atoms with Crippen LogP contribution in [-0.2, 0) is 10.4 Å². The second-order valence-corrected chi connectivity index (χ2v) is 5.30. The van der Waals surface area contributed by atoms with Gasteiger partial charge in [0.2, 0.25) is 5.91 Å². The Balaban J connectivity index is 1.85. The van der Waals surface area contributed by atoms with E-state index in [1.165, 1.54) is 12.7 Å². The van der Waals surface area contributed by atoms with Crippen molar-refractivity contribution >= 4 is 5.91 Å². The summed E-state index contributed by atoms with van der Waals surface area (Å²) in [5, 5.41) is 13.0. The van der Waals surface area contributed by atoms with Crippen LogP contribution < -0.4 is 5.32 Å². The lowest BCUT2D eigenvalue weighted by Gasteiger charge is -2.25. The molecule has 1 aromatic rings. The van der Waals surface area contributed by atoms with E-state index in [1.54, 1.807) is 19.1 Å². The Hall–Kier alpha value is -1.29. The van der Waals surface area contributed by atoms with Crippen molar-refractivity contribution in [2.24, 2.45) is 5.92 Å². The molecular formula is C14H21NO3. The van der Waals surface area contributed by atoms with Crippen LogP contribution in [0.2, 0.25) is 0 Å². The fraction of sp³-hybridized carbons (Fsp3) is 0.643. The Morgan fingerprint density at radius 1 is 1.50 bits per heavy atom. The van der Waals surface area contributed by atoms with Gasteiger partial charge in [0.1, 0.15) is 11.4 Å². The summed E-state index contributed by atoms with van der Waals surface area (Å²) in [6.45, 7) is 1.84. The van der Waals surface area contributed by atoms with E-state index in [0.717, 1.165) is 25.7 Å². The van der Waals surface area contributed by atoms with Gasteiger partial charge in [0.05, 0.1) is 12.8 Å². The molecule has 1 saturated carbocycles. The maximum atomic E-state index is 12.0. The number of aliphatic hydroxyl groups is 1. The Labute approximate surface area is 107 Å². The van der Waals surface area contributed by atoms with Crippen LogP contribution in [0.15, 0.2) is 22.8 Å². The molecule has 0 aromatic carbocycles. The van der Waals surface area contributed by atoms with Crippen molar-refractivity contribution in [3.63, 3.8) is 0 Å². The van der Waals surface area contributed by atoms with Crippen LogP contribution in [0, 0.1) is 5.92 Å². The predicted octanol–water partition coefficient (Wildman–Crippen LogP) is 2.18. The van der Waals surface area contributed by atoms with Crippen molar-refractivity contribution in [1.29, 1.82) is 0 Å². The van der Waals surface area contributed by atoms with Crippen molar-refractivity contribution in [1.82, 2.24) is 5.32 Å². The van der Waals surface area contributed by atoms with Crippen molar-refractivity contribution in [2.45, 2.75) is 44.6 Å². The Morgan fingerprint density at radius 3 is 2.83 bits per heavy atom. The number of carbonyl (C=O) groups is 1. The van der Waals surface area contributed by atoms with Gasteiger partial charge in [-0.05, 0) is 31.9 Å². The quantitative estimate of drug-likeness (QED) is 0.862. The largest absolute Gasteiger partial charge is 0.466 e. The van der Waals surface area contributed by atoms with E-state index in [9.17, 15) is 9.90 Å². The third-order valence-corrected chi connectivity index (χ3v) is 3.63. The standard InChI is InChI=1S/C14H21NO3/c1-14(17,12-8-5-9-18-12)10-15-13(16)11-6-3-2-4-7-11/h5,8-9,11,17H,2-4,6-7,10H2,1H3,(H,15,16). The molecule has 1 amide bonds. The fourth-order valence-electron chi connectivity index (χ4n) is 2.44. The molecule has 1 unspecified atom stereocenters. The minimum atomic E-state index is -1.15. The van der Waals surface area contributed by atoms with Crippen LogP contribution in [0.3, 0.4) is 0 Å². The summed E-state index contributed by atoms with van der Waals surface area (Å²) in [6, 6.07) is 3.44. The van der Waals surface area contributed by atoms with Gasteiger partial charge in [-0.1, -0.05) is 19.3 Å². The predicted molar refractivity (Wildman–Crippen MR) is 67.9 cm³/mol. The normalized spacial score (nSPS) is 20.3. The maximum Gasteiger partial charge on any atom is 0.223 e. The summed E-state index contributed by atoms with van der Waals surface area (Å²) in [6.07, 6.45) is 6.95. The van der Waals surface area contributed by atoms with Gasteiger partial charge in [-0.3, -0.25) is 4.79 Å². The second-order valence-electron chi connectivity index (χ2n) is 5.30. The van der Waals surface area contributed by atoms with E-state index in [0.29, 0.717) is 5.76 Å². The fourth-order valence-corrected chi connectivity index (χ4v) is 2.44. The van der Waals surface area contributed by atoms with Gasteiger partial charge >= 0.3 is 0 Å². The van der Waals surface area contributed by atoms with Crippen LogP contribution >= 0.6 is 0 Å². The highest BCUT2D eigenvalue weighted by molar-refractivity contribution is 5.78. The molecular weight excluding hydrogens is 230 g/mol. The summed E-state index contributed by atoms with van der Waals surface area (Å²) in [7, 11) is 0. The van der Waals surface area contributed by atoms with Crippen LogP contribution in [0.1, 0.15) is 44.8 Å². The van der Waals surface area contributed by atoms with Crippen LogP contribution in [-0.4, -0.2) is 17.6 Å². The first-order valence-corrected chi connectivity index (χ1v) is 6.64. The molecule has 1 heterocycles. The number of furan rings is 1. The molecule has 2 N–H and O–H groups in total. The van der Waals surface area contributed by atoms with Gasteiger partial charge in [-0.2, -0.15) is 0 Å². The second kappa shape index (κ2) is 5.57. The summed E-state index contributed by atoms with van der Waals surface area (Å²) < 4.78 is 5.17. The summed E-state index contributed by atoms with van der Waals surface area (Å²) >= 11 is 0. The zero-order chi connectivity index (χ0) is 13.0. The van der Waals surface area contributed by atoms with Crippen LogP contribution in [0.4, 0.5) is 0 Å². The highest BCUT2D eigenvalue weighted by Crippen LogP contribution is 2.24. The molecule has 0 saturated heterocycles. The van der Waals surface area contributed by atoms with Gasteiger partial charge in [0, 0.05) is 5.92 Å². The lowest BCUT2D eigenvalue weighted by atomic mass is 9.88. The molecule has 1 aromatic heterocycles. The molecule has 2 rings (SSSR count). The Morgan fingerprint density at radius 2 is 2.22 bits per heavy atom. The molecule has 0 bridgehead atoms. The van der Waals surface area contributed by atoms with E-state index in [-0.39, 0.29) is 18.4 Å². The topological polar surface area (TPSA) is 62.5 Å². The van der Waals surface area contributed by atoms with E-state index < -0.39 is 5.60 Å². The maximum absolute atomic E-state index is 12.0. The molecule has 1 atom stereocenters. The molecule has 4 nitrogen and oxygen atoms in total. The lowest BCUT2D eigenvalue weighted by molar-refractivity contribution is -0.127. The highest BCUT2D eigenvalue weighted by Gasteiger charge is 2.28. The molecule has 100 valence electrons. The van der Waals surface area contributed by atoms with Gasteiger partial charge in [-0.15, -0.1) is 0 Å². The third-order valence-electron chi connectivity index (χ3n) is 3.63. The van der Waals surface area contributed by atoms with Crippen molar-refractivity contribution in [3.05, 3.63) is 24.2 Å². The number of carbonyl (C=O) groups excluding carboxylic acids is 1.